The minimum Gasteiger partial charge on any atom is -0.462 e. The smallest absolute Gasteiger partial charge is 0.340 e. The number of carbonyl (C=O) groups excluding carboxylic acids is 1. The molecule has 0 aliphatic carbocycles. The standard InChI is InChI=1S/C13H12ClNO2/c1-3-17-13(16)12-8(2)15-7-9-4-5-10(14)6-11(9)12/h4-7H,3H2,1-2H3. The van der Waals surface area contributed by atoms with Crippen LogP contribution in [0.15, 0.2) is 24.4 Å². The number of hydrogen-bond acceptors (Lipinski definition) is 3. The second-order valence-electron chi connectivity index (χ2n) is 3.67. The Kier molecular flexibility index (Phi) is 3.29. The lowest BCUT2D eigenvalue weighted by atomic mass is 10.1. The third-order valence-corrected chi connectivity index (χ3v) is 2.76. The van der Waals surface area contributed by atoms with Crippen molar-refractivity contribution >= 4 is 28.3 Å². The molecule has 0 radical (unpaired) electrons. The molecule has 2 aromatic rings. The third kappa shape index (κ3) is 2.24. The molecular weight excluding hydrogens is 238 g/mol. The van der Waals surface area contributed by atoms with E-state index in [0.717, 1.165) is 10.8 Å². The topological polar surface area (TPSA) is 39.2 Å². The SMILES string of the molecule is CCOC(=O)c1c(C)ncc2ccc(Cl)cc12. The van der Waals surface area contributed by atoms with Crippen molar-refractivity contribution in [1.82, 2.24) is 4.98 Å². The molecule has 0 amide bonds. The molecule has 2 rings (SSSR count). The lowest BCUT2D eigenvalue weighted by Gasteiger charge is -2.08. The first-order valence-corrected chi connectivity index (χ1v) is 5.73. The normalized spacial score (nSPS) is 10.5. The molecule has 1 aromatic carbocycles. The van der Waals surface area contributed by atoms with E-state index in [1.54, 1.807) is 32.2 Å². The van der Waals surface area contributed by atoms with Gasteiger partial charge in [-0.1, -0.05) is 17.7 Å². The number of halogens is 1. The van der Waals surface area contributed by atoms with Crippen LogP contribution in [-0.2, 0) is 4.74 Å². The van der Waals surface area contributed by atoms with Gasteiger partial charge in [0.2, 0.25) is 0 Å². The summed E-state index contributed by atoms with van der Waals surface area (Å²) in [7, 11) is 0. The molecule has 3 nitrogen and oxygen atoms in total. The van der Waals surface area contributed by atoms with E-state index in [9.17, 15) is 4.79 Å². The molecule has 88 valence electrons. The molecular formula is C13H12ClNO2. The molecule has 0 aliphatic rings. The zero-order valence-electron chi connectivity index (χ0n) is 9.66. The summed E-state index contributed by atoms with van der Waals surface area (Å²) >= 11 is 5.95. The summed E-state index contributed by atoms with van der Waals surface area (Å²) in [5.74, 6) is -0.356. The summed E-state index contributed by atoms with van der Waals surface area (Å²) in [5.41, 5.74) is 1.14. The number of hydrogen-bond donors (Lipinski definition) is 0. The fourth-order valence-electron chi connectivity index (χ4n) is 1.74. The number of ether oxygens (including phenoxy) is 1. The predicted molar refractivity (Wildman–Crippen MR) is 67.4 cm³/mol. The van der Waals surface area contributed by atoms with Crippen LogP contribution in [0.2, 0.25) is 5.02 Å². The highest BCUT2D eigenvalue weighted by Gasteiger charge is 2.15. The van der Waals surface area contributed by atoms with E-state index in [0.29, 0.717) is 22.9 Å². The maximum atomic E-state index is 11.9. The first-order chi connectivity index (χ1) is 8.13. The molecule has 0 unspecified atom stereocenters. The Morgan fingerprint density at radius 1 is 1.47 bits per heavy atom. The highest BCUT2D eigenvalue weighted by molar-refractivity contribution is 6.31. The maximum absolute atomic E-state index is 11.9. The van der Waals surface area contributed by atoms with Crippen molar-refractivity contribution in [3.8, 4) is 0 Å². The van der Waals surface area contributed by atoms with E-state index in [-0.39, 0.29) is 5.97 Å². The van der Waals surface area contributed by atoms with Gasteiger partial charge in [0.15, 0.2) is 0 Å². The van der Waals surface area contributed by atoms with Crippen molar-refractivity contribution in [1.29, 1.82) is 0 Å². The number of pyridine rings is 1. The summed E-state index contributed by atoms with van der Waals surface area (Å²) in [4.78, 5) is 16.1. The molecule has 0 bridgehead atoms. The van der Waals surface area contributed by atoms with Crippen LogP contribution < -0.4 is 0 Å². The molecule has 0 atom stereocenters. The van der Waals surface area contributed by atoms with Crippen LogP contribution in [0.1, 0.15) is 23.0 Å². The van der Waals surface area contributed by atoms with Gasteiger partial charge in [-0.05, 0) is 26.0 Å². The number of rotatable bonds is 2. The van der Waals surface area contributed by atoms with Crippen LogP contribution in [0.4, 0.5) is 0 Å². The molecule has 1 aromatic heterocycles. The zero-order chi connectivity index (χ0) is 12.4. The number of carbonyl (C=O) groups is 1. The number of fused-ring (bicyclic) bond motifs is 1. The van der Waals surface area contributed by atoms with Crippen molar-refractivity contribution in [3.63, 3.8) is 0 Å². The van der Waals surface area contributed by atoms with Gasteiger partial charge in [-0.15, -0.1) is 0 Å². The Morgan fingerprint density at radius 2 is 2.24 bits per heavy atom. The van der Waals surface area contributed by atoms with E-state index in [4.69, 9.17) is 16.3 Å². The molecule has 0 spiro atoms. The molecule has 0 saturated carbocycles. The number of aryl methyl sites for hydroxylation is 1. The minimum atomic E-state index is -0.356. The van der Waals surface area contributed by atoms with Crippen molar-refractivity contribution in [3.05, 3.63) is 40.7 Å². The summed E-state index contributed by atoms with van der Waals surface area (Å²) in [6.45, 7) is 3.90. The lowest BCUT2D eigenvalue weighted by Crippen LogP contribution is -2.08. The van der Waals surface area contributed by atoms with Crippen LogP contribution in [-0.4, -0.2) is 17.6 Å². The van der Waals surface area contributed by atoms with Gasteiger partial charge in [0.05, 0.1) is 17.9 Å². The van der Waals surface area contributed by atoms with Crippen LogP contribution in [0, 0.1) is 6.92 Å². The van der Waals surface area contributed by atoms with E-state index in [2.05, 4.69) is 4.98 Å². The van der Waals surface area contributed by atoms with E-state index in [1.165, 1.54) is 0 Å². The van der Waals surface area contributed by atoms with E-state index in [1.807, 2.05) is 6.07 Å². The number of benzene rings is 1. The maximum Gasteiger partial charge on any atom is 0.340 e. The van der Waals surface area contributed by atoms with E-state index >= 15 is 0 Å². The first-order valence-electron chi connectivity index (χ1n) is 5.35. The molecule has 0 saturated heterocycles. The van der Waals surface area contributed by atoms with Crippen molar-refractivity contribution in [2.45, 2.75) is 13.8 Å². The number of esters is 1. The van der Waals surface area contributed by atoms with Gasteiger partial charge in [0.1, 0.15) is 0 Å². The average Bonchev–Trinajstić information content (AvgIpc) is 2.28. The van der Waals surface area contributed by atoms with Gasteiger partial charge in [-0.2, -0.15) is 0 Å². The van der Waals surface area contributed by atoms with Crippen molar-refractivity contribution < 1.29 is 9.53 Å². The molecule has 0 fully saturated rings. The molecule has 4 heteroatoms. The van der Waals surface area contributed by atoms with Gasteiger partial charge in [0.25, 0.3) is 0 Å². The fraction of sp³-hybridized carbons (Fsp3) is 0.231. The first kappa shape index (κ1) is 11.9. The Balaban J connectivity index is 2.70. The third-order valence-electron chi connectivity index (χ3n) is 2.52. The Morgan fingerprint density at radius 3 is 2.94 bits per heavy atom. The minimum absolute atomic E-state index is 0.342. The largest absolute Gasteiger partial charge is 0.462 e. The van der Waals surface area contributed by atoms with Crippen molar-refractivity contribution in [2.75, 3.05) is 6.61 Å². The summed E-state index contributed by atoms with van der Waals surface area (Å²) in [6.07, 6.45) is 1.73. The Bertz CT molecular complexity index is 576. The van der Waals surface area contributed by atoms with Crippen LogP contribution in [0.25, 0.3) is 10.8 Å². The summed E-state index contributed by atoms with van der Waals surface area (Å²) < 4.78 is 5.03. The fourth-order valence-corrected chi connectivity index (χ4v) is 1.92. The predicted octanol–water partition coefficient (Wildman–Crippen LogP) is 3.37. The van der Waals surface area contributed by atoms with Gasteiger partial charge in [-0.25, -0.2) is 4.79 Å². The van der Waals surface area contributed by atoms with Gasteiger partial charge < -0.3 is 4.74 Å². The highest BCUT2D eigenvalue weighted by Crippen LogP contribution is 2.24. The monoisotopic (exact) mass is 249 g/mol. The van der Waals surface area contributed by atoms with Gasteiger partial charge >= 0.3 is 5.97 Å². The molecule has 0 N–H and O–H groups in total. The van der Waals surface area contributed by atoms with Gasteiger partial charge in [0, 0.05) is 22.0 Å². The van der Waals surface area contributed by atoms with Crippen LogP contribution in [0.3, 0.4) is 0 Å². The van der Waals surface area contributed by atoms with E-state index < -0.39 is 0 Å². The quantitative estimate of drug-likeness (QED) is 0.766. The zero-order valence-corrected chi connectivity index (χ0v) is 10.4. The lowest BCUT2D eigenvalue weighted by molar-refractivity contribution is 0.0527. The number of aromatic nitrogens is 1. The average molecular weight is 250 g/mol. The molecule has 1 heterocycles. The second-order valence-corrected chi connectivity index (χ2v) is 4.11. The summed E-state index contributed by atoms with van der Waals surface area (Å²) in [6, 6.07) is 5.38. The Hall–Kier alpha value is -1.61. The van der Waals surface area contributed by atoms with Crippen LogP contribution in [0.5, 0.6) is 0 Å². The Labute approximate surface area is 104 Å². The van der Waals surface area contributed by atoms with Crippen molar-refractivity contribution in [2.24, 2.45) is 0 Å². The van der Waals surface area contributed by atoms with Gasteiger partial charge in [-0.3, -0.25) is 4.98 Å². The molecule has 17 heavy (non-hydrogen) atoms. The summed E-state index contributed by atoms with van der Waals surface area (Å²) in [5, 5.41) is 2.25. The highest BCUT2D eigenvalue weighted by atomic mass is 35.5. The number of nitrogens with zero attached hydrogens (tertiary/aromatic N) is 1. The van der Waals surface area contributed by atoms with Crippen LogP contribution >= 0.6 is 11.6 Å². The molecule has 0 aliphatic heterocycles. The second kappa shape index (κ2) is 4.72.